The lowest BCUT2D eigenvalue weighted by Crippen LogP contribution is -1.77. The normalized spacial score (nSPS) is 10.6. The van der Waals surface area contributed by atoms with Gasteiger partial charge in [-0.3, -0.25) is 4.79 Å². The Kier molecular flexibility index (Phi) is 3.41. The van der Waals surface area contributed by atoms with Crippen molar-refractivity contribution in [3.8, 4) is 6.07 Å². The minimum atomic E-state index is 0.484. The molecule has 0 aromatic heterocycles. The zero-order valence-corrected chi connectivity index (χ0v) is 8.28. The lowest BCUT2D eigenvalue weighted by atomic mass is 10.1. The van der Waals surface area contributed by atoms with Crippen LogP contribution in [0.1, 0.15) is 11.1 Å². The molecule has 0 fully saturated rings. The van der Waals surface area contributed by atoms with E-state index in [0.717, 1.165) is 11.8 Å². The first-order valence-electron chi connectivity index (χ1n) is 3.59. The average Bonchev–Trinajstić information content (AvgIpc) is 2.19. The lowest BCUT2D eigenvalue weighted by molar-refractivity contribution is -0.104. The quantitative estimate of drug-likeness (QED) is 0.584. The lowest BCUT2D eigenvalue weighted by Gasteiger charge is -1.92. The molecule has 0 bridgehead atoms. The third kappa shape index (κ3) is 2.85. The number of nitrogens with zero attached hydrogens (tertiary/aromatic N) is 1. The van der Waals surface area contributed by atoms with Gasteiger partial charge in [0.2, 0.25) is 0 Å². The molecule has 0 aliphatic carbocycles. The Bertz CT molecular complexity index is 373. The highest BCUT2D eigenvalue weighted by molar-refractivity contribution is 9.12. The molecular weight excluding hydrogens is 230 g/mol. The van der Waals surface area contributed by atoms with Crippen molar-refractivity contribution in [2.24, 2.45) is 0 Å². The Balaban J connectivity index is 2.94. The molecule has 0 radical (unpaired) electrons. The van der Waals surface area contributed by atoms with Gasteiger partial charge in [-0.15, -0.1) is 0 Å². The summed E-state index contributed by atoms with van der Waals surface area (Å²) in [6, 6.07) is 8.99. The van der Waals surface area contributed by atoms with E-state index < -0.39 is 0 Å². The van der Waals surface area contributed by atoms with Crippen LogP contribution in [0.25, 0.3) is 6.08 Å². The molecule has 0 saturated carbocycles. The largest absolute Gasteiger partial charge is 0.297 e. The number of hydrogen-bond acceptors (Lipinski definition) is 2. The van der Waals surface area contributed by atoms with Gasteiger partial charge in [0.05, 0.1) is 16.1 Å². The summed E-state index contributed by atoms with van der Waals surface area (Å²) in [7, 11) is 0. The molecule has 1 aromatic carbocycles. The molecule has 0 atom stereocenters. The van der Waals surface area contributed by atoms with E-state index in [1.165, 1.54) is 0 Å². The summed E-state index contributed by atoms with van der Waals surface area (Å²) >= 11 is 3.08. The first-order valence-corrected chi connectivity index (χ1v) is 4.38. The predicted octanol–water partition coefficient (Wildman–Crippen LogP) is 2.49. The Morgan fingerprint density at radius 1 is 1.38 bits per heavy atom. The van der Waals surface area contributed by atoms with Crippen molar-refractivity contribution in [3.05, 3.63) is 39.9 Å². The fourth-order valence-electron chi connectivity index (χ4n) is 0.847. The Hall–Kier alpha value is -1.40. The Morgan fingerprint density at radius 3 is 2.46 bits per heavy atom. The molecule has 0 N–H and O–H groups in total. The van der Waals surface area contributed by atoms with Crippen molar-refractivity contribution in [1.29, 1.82) is 5.26 Å². The van der Waals surface area contributed by atoms with Crippen LogP contribution in [0.5, 0.6) is 0 Å². The van der Waals surface area contributed by atoms with Crippen molar-refractivity contribution >= 4 is 28.3 Å². The second-order valence-corrected chi connectivity index (χ2v) is 3.30. The van der Waals surface area contributed by atoms with Gasteiger partial charge in [0, 0.05) is 0 Å². The van der Waals surface area contributed by atoms with Crippen LogP contribution in [0.4, 0.5) is 0 Å². The number of hydrogen-bond donors (Lipinski definition) is 0. The van der Waals surface area contributed by atoms with E-state index in [2.05, 4.69) is 15.9 Å². The zero-order valence-electron chi connectivity index (χ0n) is 6.70. The maximum absolute atomic E-state index is 10.3. The van der Waals surface area contributed by atoms with E-state index in [1.54, 1.807) is 30.3 Å². The summed E-state index contributed by atoms with van der Waals surface area (Å²) < 4.78 is 0.484. The van der Waals surface area contributed by atoms with Crippen LogP contribution in [-0.4, -0.2) is 6.29 Å². The van der Waals surface area contributed by atoms with Gasteiger partial charge in [0.25, 0.3) is 0 Å². The molecule has 64 valence electrons. The fraction of sp³-hybridized carbons (Fsp3) is 0. The number of halogens is 1. The highest BCUT2D eigenvalue weighted by Crippen LogP contribution is 2.10. The summed E-state index contributed by atoms with van der Waals surface area (Å²) in [6.07, 6.45) is 2.41. The molecule has 13 heavy (non-hydrogen) atoms. The number of carbonyl (C=O) groups excluding carboxylic acids is 1. The van der Waals surface area contributed by atoms with Crippen molar-refractivity contribution in [2.45, 2.75) is 0 Å². The molecular formula is C10H6BrNO. The van der Waals surface area contributed by atoms with E-state index in [-0.39, 0.29) is 0 Å². The van der Waals surface area contributed by atoms with E-state index in [4.69, 9.17) is 5.26 Å². The van der Waals surface area contributed by atoms with Crippen molar-refractivity contribution < 1.29 is 4.79 Å². The SMILES string of the molecule is N#Cc1ccc(/C=C(\Br)C=O)cc1. The zero-order chi connectivity index (χ0) is 9.68. The molecule has 1 aromatic rings. The molecule has 0 spiro atoms. The number of aldehydes is 1. The molecule has 0 unspecified atom stereocenters. The molecule has 1 rings (SSSR count). The molecule has 0 aliphatic rings. The van der Waals surface area contributed by atoms with Gasteiger partial charge >= 0.3 is 0 Å². The molecule has 0 heterocycles. The van der Waals surface area contributed by atoms with E-state index in [1.807, 2.05) is 6.07 Å². The Morgan fingerprint density at radius 2 is 2.00 bits per heavy atom. The minimum absolute atomic E-state index is 0.484. The Labute approximate surface area is 84.6 Å². The standard InChI is InChI=1S/C10H6BrNO/c11-10(7-13)5-8-1-3-9(6-12)4-2-8/h1-5,7H/b10-5-. The second-order valence-electron chi connectivity index (χ2n) is 2.38. The van der Waals surface area contributed by atoms with Crippen LogP contribution in [0.15, 0.2) is 28.7 Å². The first kappa shape index (κ1) is 9.69. The van der Waals surface area contributed by atoms with Crippen LogP contribution in [-0.2, 0) is 4.79 Å². The van der Waals surface area contributed by atoms with Gasteiger partial charge in [-0.1, -0.05) is 12.1 Å². The van der Waals surface area contributed by atoms with Gasteiger partial charge in [-0.05, 0) is 39.7 Å². The molecule has 0 saturated heterocycles. The van der Waals surface area contributed by atoms with Gasteiger partial charge < -0.3 is 0 Å². The number of nitriles is 1. The van der Waals surface area contributed by atoms with Crippen LogP contribution in [0.3, 0.4) is 0 Å². The van der Waals surface area contributed by atoms with E-state index in [0.29, 0.717) is 10.0 Å². The average molecular weight is 236 g/mol. The van der Waals surface area contributed by atoms with Gasteiger partial charge in [0.15, 0.2) is 6.29 Å². The number of allylic oxidation sites excluding steroid dienone is 1. The molecule has 3 heteroatoms. The molecule has 0 aliphatic heterocycles. The van der Waals surface area contributed by atoms with Crippen molar-refractivity contribution in [3.63, 3.8) is 0 Å². The van der Waals surface area contributed by atoms with E-state index >= 15 is 0 Å². The second kappa shape index (κ2) is 4.58. The maximum atomic E-state index is 10.3. The molecule has 2 nitrogen and oxygen atoms in total. The summed E-state index contributed by atoms with van der Waals surface area (Å²) in [5.74, 6) is 0. The van der Waals surface area contributed by atoms with Gasteiger partial charge in [0.1, 0.15) is 0 Å². The summed E-state index contributed by atoms with van der Waals surface area (Å²) in [6.45, 7) is 0. The maximum Gasteiger partial charge on any atom is 0.157 e. The van der Waals surface area contributed by atoms with Crippen molar-refractivity contribution in [2.75, 3.05) is 0 Å². The third-order valence-electron chi connectivity index (χ3n) is 1.46. The van der Waals surface area contributed by atoms with Gasteiger partial charge in [-0.25, -0.2) is 0 Å². The minimum Gasteiger partial charge on any atom is -0.297 e. The monoisotopic (exact) mass is 235 g/mol. The highest BCUT2D eigenvalue weighted by Gasteiger charge is 1.92. The van der Waals surface area contributed by atoms with Crippen LogP contribution in [0, 0.1) is 11.3 Å². The van der Waals surface area contributed by atoms with Crippen LogP contribution < -0.4 is 0 Å². The summed E-state index contributed by atoms with van der Waals surface area (Å²) in [5, 5.41) is 8.53. The van der Waals surface area contributed by atoms with Gasteiger partial charge in [-0.2, -0.15) is 5.26 Å². The van der Waals surface area contributed by atoms with Crippen LogP contribution in [0.2, 0.25) is 0 Å². The molecule has 0 amide bonds. The summed E-state index contributed by atoms with van der Waals surface area (Å²) in [5.41, 5.74) is 1.50. The van der Waals surface area contributed by atoms with E-state index in [9.17, 15) is 4.79 Å². The first-order chi connectivity index (χ1) is 6.26. The number of rotatable bonds is 2. The number of carbonyl (C=O) groups is 1. The number of benzene rings is 1. The fourth-order valence-corrected chi connectivity index (χ4v) is 1.11. The van der Waals surface area contributed by atoms with Crippen LogP contribution >= 0.6 is 15.9 Å². The summed E-state index contributed by atoms with van der Waals surface area (Å²) in [4.78, 5) is 10.3. The predicted molar refractivity (Wildman–Crippen MR) is 54.1 cm³/mol. The highest BCUT2D eigenvalue weighted by atomic mass is 79.9. The smallest absolute Gasteiger partial charge is 0.157 e. The topological polar surface area (TPSA) is 40.9 Å². The third-order valence-corrected chi connectivity index (χ3v) is 1.87. The van der Waals surface area contributed by atoms with Crippen molar-refractivity contribution in [1.82, 2.24) is 0 Å².